The van der Waals surface area contributed by atoms with Crippen LogP contribution in [0.2, 0.25) is 0 Å². The number of rotatable bonds is 6. The molecule has 2 aromatic rings. The first-order chi connectivity index (χ1) is 12.1. The molecule has 1 fully saturated rings. The lowest BCUT2D eigenvalue weighted by molar-refractivity contribution is 0.00953. The second-order valence-electron chi connectivity index (χ2n) is 6.74. The minimum atomic E-state index is 0.456. The van der Waals surface area contributed by atoms with Crippen LogP contribution in [0.5, 0.6) is 0 Å². The topological polar surface area (TPSA) is 63.2 Å². The van der Waals surface area contributed by atoms with Gasteiger partial charge in [0.1, 0.15) is 11.6 Å². The van der Waals surface area contributed by atoms with Crippen molar-refractivity contribution in [2.45, 2.75) is 26.8 Å². The van der Waals surface area contributed by atoms with Gasteiger partial charge >= 0.3 is 0 Å². The van der Waals surface area contributed by atoms with E-state index in [0.717, 1.165) is 55.9 Å². The Morgan fingerprint density at radius 2 is 1.96 bits per heavy atom. The van der Waals surface area contributed by atoms with Crippen LogP contribution in [-0.2, 0) is 4.74 Å². The van der Waals surface area contributed by atoms with Crippen LogP contribution < -0.4 is 5.32 Å². The van der Waals surface area contributed by atoms with Crippen LogP contribution in [0.4, 0.5) is 5.82 Å². The van der Waals surface area contributed by atoms with Gasteiger partial charge in [0.05, 0.1) is 24.6 Å². The zero-order chi connectivity index (χ0) is 17.6. The molecule has 0 spiro atoms. The second-order valence-corrected chi connectivity index (χ2v) is 6.74. The Kier molecular flexibility index (Phi) is 5.94. The highest BCUT2D eigenvalue weighted by Gasteiger charge is 2.23. The second kappa shape index (κ2) is 8.36. The number of hydrogen-bond donors (Lipinski definition) is 1. The first-order valence-electron chi connectivity index (χ1n) is 8.96. The molecule has 1 saturated heterocycles. The molecular formula is C19H27N5O. The Balaban J connectivity index is 1.72. The highest BCUT2D eigenvalue weighted by Crippen LogP contribution is 2.19. The van der Waals surface area contributed by atoms with E-state index in [9.17, 15) is 0 Å². The lowest BCUT2D eigenvalue weighted by Crippen LogP contribution is -2.49. The summed E-state index contributed by atoms with van der Waals surface area (Å²) in [7, 11) is 0. The molecule has 6 heteroatoms. The van der Waals surface area contributed by atoms with Crippen molar-refractivity contribution in [1.82, 2.24) is 19.9 Å². The number of ether oxygens (including phenoxy) is 1. The van der Waals surface area contributed by atoms with Crippen LogP contribution in [-0.4, -0.2) is 58.7 Å². The largest absolute Gasteiger partial charge is 0.379 e. The molecule has 0 saturated carbocycles. The predicted octanol–water partition coefficient (Wildman–Crippen LogP) is 2.62. The molecule has 134 valence electrons. The third kappa shape index (κ3) is 4.74. The van der Waals surface area contributed by atoms with Crippen LogP contribution in [0.15, 0.2) is 30.5 Å². The van der Waals surface area contributed by atoms with Gasteiger partial charge < -0.3 is 10.1 Å². The summed E-state index contributed by atoms with van der Waals surface area (Å²) in [6, 6.07) is 8.28. The van der Waals surface area contributed by atoms with E-state index in [2.05, 4.69) is 39.0 Å². The molecule has 2 aromatic heterocycles. The van der Waals surface area contributed by atoms with Gasteiger partial charge in [0.15, 0.2) is 0 Å². The van der Waals surface area contributed by atoms with Crippen molar-refractivity contribution in [2.75, 3.05) is 38.2 Å². The number of nitrogens with zero attached hydrogens (tertiary/aromatic N) is 4. The van der Waals surface area contributed by atoms with E-state index in [1.54, 1.807) is 6.20 Å². The van der Waals surface area contributed by atoms with Gasteiger partial charge in [-0.3, -0.25) is 9.88 Å². The lowest BCUT2D eigenvalue weighted by atomic mass is 10.0. The van der Waals surface area contributed by atoms with Crippen molar-refractivity contribution in [3.05, 3.63) is 36.3 Å². The van der Waals surface area contributed by atoms with Gasteiger partial charge in [-0.05, 0) is 25.0 Å². The molecular weight excluding hydrogens is 314 g/mol. The van der Waals surface area contributed by atoms with E-state index in [0.29, 0.717) is 12.0 Å². The molecule has 3 heterocycles. The number of nitrogens with one attached hydrogen (secondary N) is 1. The van der Waals surface area contributed by atoms with Gasteiger partial charge in [0, 0.05) is 37.9 Å². The minimum Gasteiger partial charge on any atom is -0.379 e. The quantitative estimate of drug-likeness (QED) is 0.871. The first kappa shape index (κ1) is 17.8. The highest BCUT2D eigenvalue weighted by molar-refractivity contribution is 5.58. The molecule has 1 atom stereocenters. The zero-order valence-electron chi connectivity index (χ0n) is 15.3. The van der Waals surface area contributed by atoms with Crippen molar-refractivity contribution >= 4 is 5.82 Å². The fourth-order valence-electron chi connectivity index (χ4n) is 3.21. The number of anilines is 1. The van der Waals surface area contributed by atoms with E-state index in [1.165, 1.54) is 0 Å². The van der Waals surface area contributed by atoms with Crippen molar-refractivity contribution in [3.8, 4) is 11.4 Å². The standard InChI is InChI=1S/C19H27N5O/c1-14(2)18(24-8-10-25-11-9-24)13-21-19-12-17(22-15(3)23-19)16-6-4-5-7-20-16/h4-7,12,14,18H,8-11,13H2,1-3H3,(H,21,22,23). The van der Waals surface area contributed by atoms with Gasteiger partial charge in [-0.1, -0.05) is 19.9 Å². The highest BCUT2D eigenvalue weighted by atomic mass is 16.5. The maximum absolute atomic E-state index is 5.48. The molecule has 1 unspecified atom stereocenters. The van der Waals surface area contributed by atoms with Crippen LogP contribution in [0.25, 0.3) is 11.4 Å². The van der Waals surface area contributed by atoms with Crippen LogP contribution in [0.3, 0.4) is 0 Å². The van der Waals surface area contributed by atoms with E-state index < -0.39 is 0 Å². The Morgan fingerprint density at radius 1 is 1.16 bits per heavy atom. The minimum absolute atomic E-state index is 0.456. The fraction of sp³-hybridized carbons (Fsp3) is 0.526. The van der Waals surface area contributed by atoms with Gasteiger partial charge in [-0.25, -0.2) is 9.97 Å². The average Bonchev–Trinajstić information content (AvgIpc) is 2.63. The number of pyridine rings is 1. The molecule has 1 N–H and O–H groups in total. The van der Waals surface area contributed by atoms with E-state index in [1.807, 2.05) is 31.2 Å². The Hall–Kier alpha value is -2.05. The van der Waals surface area contributed by atoms with Gasteiger partial charge in [-0.2, -0.15) is 0 Å². The Bertz CT molecular complexity index is 671. The average molecular weight is 341 g/mol. The molecule has 0 aliphatic carbocycles. The van der Waals surface area contributed by atoms with Gasteiger partial charge in [0.25, 0.3) is 0 Å². The number of aryl methyl sites for hydroxylation is 1. The third-order valence-electron chi connectivity index (χ3n) is 4.54. The van der Waals surface area contributed by atoms with Gasteiger partial charge in [-0.15, -0.1) is 0 Å². The third-order valence-corrected chi connectivity index (χ3v) is 4.54. The van der Waals surface area contributed by atoms with E-state index in [4.69, 9.17) is 4.74 Å². The molecule has 0 aromatic carbocycles. The van der Waals surface area contributed by atoms with Crippen molar-refractivity contribution in [3.63, 3.8) is 0 Å². The first-order valence-corrected chi connectivity index (χ1v) is 8.96. The molecule has 0 amide bonds. The van der Waals surface area contributed by atoms with Crippen LogP contribution >= 0.6 is 0 Å². The van der Waals surface area contributed by atoms with E-state index in [-0.39, 0.29) is 0 Å². The number of morpholine rings is 1. The monoisotopic (exact) mass is 341 g/mol. The summed E-state index contributed by atoms with van der Waals surface area (Å²) in [4.78, 5) is 16.0. The molecule has 0 radical (unpaired) electrons. The molecule has 25 heavy (non-hydrogen) atoms. The van der Waals surface area contributed by atoms with Gasteiger partial charge in [0.2, 0.25) is 0 Å². The van der Waals surface area contributed by atoms with Crippen molar-refractivity contribution in [1.29, 1.82) is 0 Å². The zero-order valence-corrected chi connectivity index (χ0v) is 15.3. The maximum atomic E-state index is 5.48. The van der Waals surface area contributed by atoms with E-state index >= 15 is 0 Å². The molecule has 1 aliphatic rings. The number of hydrogen-bond acceptors (Lipinski definition) is 6. The summed E-state index contributed by atoms with van der Waals surface area (Å²) in [5, 5.41) is 3.51. The summed E-state index contributed by atoms with van der Waals surface area (Å²) in [5.41, 5.74) is 1.72. The lowest BCUT2D eigenvalue weighted by Gasteiger charge is -2.37. The Labute approximate surface area is 149 Å². The van der Waals surface area contributed by atoms with Crippen molar-refractivity contribution in [2.24, 2.45) is 5.92 Å². The SMILES string of the molecule is Cc1nc(NCC(C(C)C)N2CCOCC2)cc(-c2ccccn2)n1. The number of aromatic nitrogens is 3. The fourth-order valence-corrected chi connectivity index (χ4v) is 3.21. The van der Waals surface area contributed by atoms with Crippen LogP contribution in [0, 0.1) is 12.8 Å². The molecule has 0 bridgehead atoms. The normalized spacial score (nSPS) is 16.8. The molecule has 3 rings (SSSR count). The molecule has 6 nitrogen and oxygen atoms in total. The molecule has 1 aliphatic heterocycles. The summed E-state index contributed by atoms with van der Waals surface area (Å²) in [6.45, 7) is 10.9. The summed E-state index contributed by atoms with van der Waals surface area (Å²) in [6.07, 6.45) is 1.78. The summed E-state index contributed by atoms with van der Waals surface area (Å²) >= 11 is 0. The summed E-state index contributed by atoms with van der Waals surface area (Å²) < 4.78 is 5.48. The maximum Gasteiger partial charge on any atom is 0.130 e. The van der Waals surface area contributed by atoms with Crippen LogP contribution in [0.1, 0.15) is 19.7 Å². The summed E-state index contributed by atoms with van der Waals surface area (Å²) in [5.74, 6) is 2.16. The van der Waals surface area contributed by atoms with Crippen molar-refractivity contribution < 1.29 is 4.74 Å². The smallest absolute Gasteiger partial charge is 0.130 e. The Morgan fingerprint density at radius 3 is 2.64 bits per heavy atom. The predicted molar refractivity (Wildman–Crippen MR) is 99.5 cm³/mol.